The Morgan fingerprint density at radius 2 is 1.68 bits per heavy atom. The third-order valence-electron chi connectivity index (χ3n) is 3.61. The lowest BCUT2D eigenvalue weighted by atomic mass is 10.1. The second-order valence-electron chi connectivity index (χ2n) is 5.92. The lowest BCUT2D eigenvalue weighted by Crippen LogP contribution is -2.38. The number of anilines is 1. The van der Waals surface area contributed by atoms with Crippen molar-refractivity contribution in [3.8, 4) is 0 Å². The summed E-state index contributed by atoms with van der Waals surface area (Å²) in [4.78, 5) is 14.2. The van der Waals surface area contributed by atoms with E-state index in [2.05, 4.69) is 37.4 Å². The van der Waals surface area contributed by atoms with Crippen LogP contribution in [0.2, 0.25) is 0 Å². The number of benzene rings is 2. The Hall–Kier alpha value is -2.29. The second-order valence-corrected chi connectivity index (χ2v) is 5.92. The van der Waals surface area contributed by atoms with Crippen molar-refractivity contribution in [1.29, 1.82) is 0 Å². The first-order valence-electron chi connectivity index (χ1n) is 7.59. The number of nitrogens with one attached hydrogen (secondary N) is 1. The van der Waals surface area contributed by atoms with E-state index in [1.54, 1.807) is 4.90 Å². The van der Waals surface area contributed by atoms with Crippen molar-refractivity contribution < 1.29 is 4.79 Å². The van der Waals surface area contributed by atoms with Gasteiger partial charge in [0.15, 0.2) is 0 Å². The molecular formula is C19H24N2O. The van der Waals surface area contributed by atoms with Gasteiger partial charge in [0.2, 0.25) is 5.91 Å². The summed E-state index contributed by atoms with van der Waals surface area (Å²) in [5.41, 5.74) is 4.52. The molecule has 116 valence electrons. The zero-order valence-electron chi connectivity index (χ0n) is 13.8. The molecule has 0 bridgehead atoms. The number of carbonyl (C=O) groups is 1. The topological polar surface area (TPSA) is 32.3 Å². The number of nitrogens with zero attached hydrogens (tertiary/aromatic N) is 1. The van der Waals surface area contributed by atoms with Gasteiger partial charge in [-0.2, -0.15) is 0 Å². The van der Waals surface area contributed by atoms with Crippen molar-refractivity contribution in [1.82, 2.24) is 4.90 Å². The average Bonchev–Trinajstić information content (AvgIpc) is 2.46. The van der Waals surface area contributed by atoms with Gasteiger partial charge in [0.25, 0.3) is 0 Å². The molecule has 0 aliphatic carbocycles. The Kier molecular flexibility index (Phi) is 5.21. The van der Waals surface area contributed by atoms with Gasteiger partial charge in [-0.3, -0.25) is 4.79 Å². The zero-order chi connectivity index (χ0) is 16.1. The Morgan fingerprint density at radius 3 is 2.27 bits per heavy atom. The fourth-order valence-corrected chi connectivity index (χ4v) is 2.64. The number of aryl methyl sites for hydroxylation is 2. The van der Waals surface area contributed by atoms with Crippen LogP contribution in [0.3, 0.4) is 0 Å². The van der Waals surface area contributed by atoms with Crippen LogP contribution in [-0.2, 0) is 11.3 Å². The summed E-state index contributed by atoms with van der Waals surface area (Å²) in [6.07, 6.45) is 0. The van der Waals surface area contributed by atoms with E-state index in [1.807, 2.05) is 44.3 Å². The summed E-state index contributed by atoms with van der Waals surface area (Å²) < 4.78 is 0. The summed E-state index contributed by atoms with van der Waals surface area (Å²) in [6, 6.07) is 16.0. The third kappa shape index (κ3) is 4.35. The van der Waals surface area contributed by atoms with Crippen LogP contribution in [0.25, 0.3) is 0 Å². The van der Waals surface area contributed by atoms with Crippen molar-refractivity contribution in [3.63, 3.8) is 0 Å². The molecule has 3 heteroatoms. The summed E-state index contributed by atoms with van der Waals surface area (Å²) in [6.45, 7) is 6.65. The van der Waals surface area contributed by atoms with Crippen molar-refractivity contribution in [2.45, 2.75) is 33.4 Å². The van der Waals surface area contributed by atoms with E-state index in [-0.39, 0.29) is 11.9 Å². The summed E-state index contributed by atoms with van der Waals surface area (Å²) in [7, 11) is 1.84. The highest BCUT2D eigenvalue weighted by Gasteiger charge is 2.17. The molecule has 0 saturated heterocycles. The minimum atomic E-state index is -0.255. The summed E-state index contributed by atoms with van der Waals surface area (Å²) in [5, 5.41) is 3.30. The fraction of sp³-hybridized carbons (Fsp3) is 0.316. The van der Waals surface area contributed by atoms with Gasteiger partial charge in [-0.1, -0.05) is 36.4 Å². The highest BCUT2D eigenvalue weighted by atomic mass is 16.2. The monoisotopic (exact) mass is 296 g/mol. The average molecular weight is 296 g/mol. The molecule has 0 heterocycles. The first-order chi connectivity index (χ1) is 10.5. The smallest absolute Gasteiger partial charge is 0.244 e. The molecule has 1 atom stereocenters. The molecule has 2 rings (SSSR count). The molecule has 0 saturated carbocycles. The van der Waals surface area contributed by atoms with Crippen molar-refractivity contribution >= 4 is 11.6 Å². The van der Waals surface area contributed by atoms with Gasteiger partial charge in [-0.25, -0.2) is 0 Å². The maximum Gasteiger partial charge on any atom is 0.244 e. The molecule has 0 spiro atoms. The van der Waals surface area contributed by atoms with Crippen molar-refractivity contribution in [2.24, 2.45) is 0 Å². The van der Waals surface area contributed by atoms with Crippen LogP contribution in [0.5, 0.6) is 0 Å². The van der Waals surface area contributed by atoms with Gasteiger partial charge in [-0.15, -0.1) is 0 Å². The molecule has 0 aliphatic rings. The van der Waals surface area contributed by atoms with Crippen molar-refractivity contribution in [3.05, 3.63) is 65.2 Å². The number of amides is 1. The van der Waals surface area contributed by atoms with Gasteiger partial charge in [0.05, 0.1) is 0 Å². The SMILES string of the molecule is Cc1cc(C)cc(N[C@@H](C)C(=O)N(C)Cc2ccccc2)c1. The number of hydrogen-bond acceptors (Lipinski definition) is 2. The van der Waals surface area contributed by atoms with E-state index in [9.17, 15) is 4.79 Å². The highest BCUT2D eigenvalue weighted by Crippen LogP contribution is 2.15. The predicted molar refractivity (Wildman–Crippen MR) is 91.9 cm³/mol. The normalized spacial score (nSPS) is 11.8. The molecular weight excluding hydrogens is 272 g/mol. The standard InChI is InChI=1S/C19H24N2O/c1-14-10-15(2)12-18(11-14)20-16(3)19(22)21(4)13-17-8-6-5-7-9-17/h5-12,16,20H,13H2,1-4H3/t16-/m0/s1. The molecule has 2 aromatic carbocycles. The van der Waals surface area contributed by atoms with E-state index < -0.39 is 0 Å². The minimum absolute atomic E-state index is 0.0861. The van der Waals surface area contributed by atoms with E-state index in [0.29, 0.717) is 6.54 Å². The van der Waals surface area contributed by atoms with Gasteiger partial charge in [0.1, 0.15) is 6.04 Å². The highest BCUT2D eigenvalue weighted by molar-refractivity contribution is 5.84. The largest absolute Gasteiger partial charge is 0.374 e. The summed E-state index contributed by atoms with van der Waals surface area (Å²) in [5.74, 6) is 0.0861. The number of hydrogen-bond donors (Lipinski definition) is 1. The maximum atomic E-state index is 12.5. The molecule has 0 unspecified atom stereocenters. The third-order valence-corrected chi connectivity index (χ3v) is 3.61. The molecule has 1 N–H and O–H groups in total. The fourth-order valence-electron chi connectivity index (χ4n) is 2.64. The maximum absolute atomic E-state index is 12.5. The van der Waals surface area contributed by atoms with Crippen LogP contribution < -0.4 is 5.32 Å². The molecule has 22 heavy (non-hydrogen) atoms. The van der Waals surface area contributed by atoms with Crippen LogP contribution >= 0.6 is 0 Å². The van der Waals surface area contributed by atoms with Gasteiger partial charge < -0.3 is 10.2 Å². The van der Waals surface area contributed by atoms with Crippen LogP contribution in [0, 0.1) is 13.8 Å². The van der Waals surface area contributed by atoms with Gasteiger partial charge in [-0.05, 0) is 49.6 Å². The first-order valence-corrected chi connectivity index (χ1v) is 7.59. The molecule has 0 fully saturated rings. The molecule has 0 radical (unpaired) electrons. The number of rotatable bonds is 5. The Morgan fingerprint density at radius 1 is 1.09 bits per heavy atom. The van der Waals surface area contributed by atoms with E-state index in [1.165, 1.54) is 11.1 Å². The quantitative estimate of drug-likeness (QED) is 0.911. The predicted octanol–water partition coefficient (Wildman–Crippen LogP) is 3.76. The Labute approximate surface area is 133 Å². The van der Waals surface area contributed by atoms with Gasteiger partial charge in [0, 0.05) is 19.3 Å². The lowest BCUT2D eigenvalue weighted by Gasteiger charge is -2.23. The molecule has 0 aromatic heterocycles. The second kappa shape index (κ2) is 7.12. The molecule has 0 aliphatic heterocycles. The van der Waals surface area contributed by atoms with E-state index in [0.717, 1.165) is 11.3 Å². The van der Waals surface area contributed by atoms with E-state index >= 15 is 0 Å². The zero-order valence-corrected chi connectivity index (χ0v) is 13.8. The Balaban J connectivity index is 1.99. The summed E-state index contributed by atoms with van der Waals surface area (Å²) >= 11 is 0. The van der Waals surface area contributed by atoms with Crippen LogP contribution in [0.1, 0.15) is 23.6 Å². The van der Waals surface area contributed by atoms with Crippen molar-refractivity contribution in [2.75, 3.05) is 12.4 Å². The molecule has 1 amide bonds. The van der Waals surface area contributed by atoms with Gasteiger partial charge >= 0.3 is 0 Å². The van der Waals surface area contributed by atoms with Crippen LogP contribution in [0.4, 0.5) is 5.69 Å². The molecule has 2 aromatic rings. The first kappa shape index (κ1) is 16.1. The van der Waals surface area contributed by atoms with Crippen LogP contribution in [0.15, 0.2) is 48.5 Å². The molecule has 3 nitrogen and oxygen atoms in total. The lowest BCUT2D eigenvalue weighted by molar-refractivity contribution is -0.130. The van der Waals surface area contributed by atoms with Crippen LogP contribution in [-0.4, -0.2) is 23.9 Å². The van der Waals surface area contributed by atoms with E-state index in [4.69, 9.17) is 0 Å². The number of carbonyl (C=O) groups excluding carboxylic acids is 1. The minimum Gasteiger partial charge on any atom is -0.374 e. The Bertz CT molecular complexity index is 617. The number of likely N-dealkylation sites (N-methyl/N-ethyl adjacent to an activating group) is 1.